The molecule has 5 aromatic rings. The van der Waals surface area contributed by atoms with E-state index in [9.17, 15) is 22.8 Å². The van der Waals surface area contributed by atoms with E-state index in [0.717, 1.165) is 6.07 Å². The smallest absolute Gasteiger partial charge is 0.433 e. The van der Waals surface area contributed by atoms with E-state index >= 15 is 0 Å². The largest absolute Gasteiger partial charge is 0.464 e. The van der Waals surface area contributed by atoms with Crippen molar-refractivity contribution < 1.29 is 31.6 Å². The predicted molar refractivity (Wildman–Crippen MR) is 115 cm³/mol. The number of thiophene rings is 1. The lowest BCUT2D eigenvalue weighted by Crippen LogP contribution is -2.17. The maximum atomic E-state index is 13.5. The molecule has 13 heteroatoms. The molecule has 0 atom stereocenters. The summed E-state index contributed by atoms with van der Waals surface area (Å²) in [6.07, 6.45) is -2.02. The van der Waals surface area contributed by atoms with Crippen molar-refractivity contribution in [3.8, 4) is 22.8 Å². The monoisotopic (exact) mass is 487 g/mol. The molecule has 5 heterocycles. The molecule has 5 rings (SSSR count). The predicted octanol–water partition coefficient (Wildman–Crippen LogP) is 4.91. The Hall–Kier alpha value is -4.39. The highest BCUT2D eigenvalue weighted by Gasteiger charge is 2.35. The lowest BCUT2D eigenvalue weighted by molar-refractivity contribution is -0.140. The van der Waals surface area contributed by atoms with Crippen molar-refractivity contribution in [1.82, 2.24) is 15.2 Å². The number of nitrogens with two attached hydrogens (primary N) is 1. The Morgan fingerprint density at radius 2 is 1.79 bits per heavy atom. The lowest BCUT2D eigenvalue weighted by atomic mass is 10.1. The molecule has 0 aliphatic rings. The first-order chi connectivity index (χ1) is 16.2. The molecule has 0 saturated heterocycles. The van der Waals surface area contributed by atoms with Crippen LogP contribution in [-0.4, -0.2) is 27.0 Å². The number of furan rings is 2. The molecule has 0 saturated carbocycles. The van der Waals surface area contributed by atoms with E-state index in [1.165, 1.54) is 30.7 Å². The third-order valence-electron chi connectivity index (χ3n) is 4.80. The summed E-state index contributed by atoms with van der Waals surface area (Å²) >= 11 is 0.629. The van der Waals surface area contributed by atoms with Gasteiger partial charge in [0.15, 0.2) is 11.5 Å². The minimum atomic E-state index is -4.76. The number of alkyl halides is 3. The number of H-pyrrole nitrogens is 1. The SMILES string of the molecule is NC(=O)c1sc2nc(C(F)(F)F)cc(-c3ccco3)c2c1NC(=O)c1cc(-c2ccco2)[nH]n1. The molecule has 9 nitrogen and oxygen atoms in total. The number of amides is 2. The first-order valence-corrected chi connectivity index (χ1v) is 10.3. The second kappa shape index (κ2) is 7.88. The number of hydrogen-bond acceptors (Lipinski definition) is 7. The van der Waals surface area contributed by atoms with Crippen LogP contribution in [0.4, 0.5) is 18.9 Å². The molecular formula is C21H12F3N5O4S. The van der Waals surface area contributed by atoms with E-state index in [-0.39, 0.29) is 37.8 Å². The summed E-state index contributed by atoms with van der Waals surface area (Å²) in [6, 6.07) is 8.47. The number of aromatic amines is 1. The Morgan fingerprint density at radius 1 is 1.09 bits per heavy atom. The first kappa shape index (κ1) is 21.5. The summed E-state index contributed by atoms with van der Waals surface area (Å²) in [6.45, 7) is 0. The molecule has 0 aliphatic heterocycles. The van der Waals surface area contributed by atoms with Gasteiger partial charge >= 0.3 is 6.18 Å². The number of nitrogens with one attached hydrogen (secondary N) is 2. The zero-order chi connectivity index (χ0) is 24.0. The molecule has 172 valence electrons. The number of nitrogens with zero attached hydrogens (tertiary/aromatic N) is 2. The molecule has 0 bridgehead atoms. The van der Waals surface area contributed by atoms with Crippen molar-refractivity contribution in [1.29, 1.82) is 0 Å². The fourth-order valence-electron chi connectivity index (χ4n) is 3.34. The summed E-state index contributed by atoms with van der Waals surface area (Å²) in [5, 5.41) is 9.21. The highest BCUT2D eigenvalue weighted by molar-refractivity contribution is 7.21. The third-order valence-corrected chi connectivity index (χ3v) is 5.90. The van der Waals surface area contributed by atoms with Gasteiger partial charge in [0.1, 0.15) is 26.9 Å². The molecule has 0 spiro atoms. The molecule has 0 unspecified atom stereocenters. The number of rotatable bonds is 5. The van der Waals surface area contributed by atoms with Crippen molar-refractivity contribution in [3.63, 3.8) is 0 Å². The number of halogens is 3. The van der Waals surface area contributed by atoms with Crippen LogP contribution in [0, 0.1) is 0 Å². The number of primary amides is 1. The summed E-state index contributed by atoms with van der Waals surface area (Å²) in [5.74, 6) is -1.16. The van der Waals surface area contributed by atoms with Crippen LogP contribution in [0.3, 0.4) is 0 Å². The van der Waals surface area contributed by atoms with Gasteiger partial charge in [-0.3, -0.25) is 14.7 Å². The molecule has 34 heavy (non-hydrogen) atoms. The molecule has 0 aromatic carbocycles. The highest BCUT2D eigenvalue weighted by atomic mass is 32.1. The number of anilines is 1. The summed E-state index contributed by atoms with van der Waals surface area (Å²) < 4.78 is 51.0. The number of fused-ring (bicyclic) bond motifs is 1. The number of carbonyl (C=O) groups is 2. The minimum Gasteiger partial charge on any atom is -0.464 e. The summed E-state index contributed by atoms with van der Waals surface area (Å²) in [5.41, 5.74) is 4.55. The molecule has 0 fully saturated rings. The Balaban J connectivity index is 1.65. The van der Waals surface area contributed by atoms with E-state index in [1.54, 1.807) is 12.1 Å². The van der Waals surface area contributed by atoms with Gasteiger partial charge < -0.3 is 19.9 Å². The number of aromatic nitrogens is 3. The zero-order valence-corrected chi connectivity index (χ0v) is 17.6. The van der Waals surface area contributed by atoms with Gasteiger partial charge in [-0.15, -0.1) is 11.3 Å². The number of carbonyl (C=O) groups excluding carboxylic acids is 2. The fraction of sp³-hybridized carbons (Fsp3) is 0.0476. The fourth-order valence-corrected chi connectivity index (χ4v) is 4.34. The van der Waals surface area contributed by atoms with E-state index in [1.807, 2.05) is 0 Å². The standard InChI is InChI=1S/C21H12F3N5O4S/c22-21(23,24)14-7-9(12-3-1-5-32-12)15-16(17(18(25)30)34-20(15)26-14)27-19(31)11-8-10(28-29-11)13-4-2-6-33-13/h1-8H,(H2,25,30)(H,27,31)(H,28,29). The molecular weight excluding hydrogens is 475 g/mol. The number of hydrogen-bond donors (Lipinski definition) is 3. The van der Waals surface area contributed by atoms with E-state index < -0.39 is 23.7 Å². The van der Waals surface area contributed by atoms with Gasteiger partial charge in [0.25, 0.3) is 11.8 Å². The quantitative estimate of drug-likeness (QED) is 0.322. The van der Waals surface area contributed by atoms with Gasteiger partial charge in [-0.2, -0.15) is 18.3 Å². The van der Waals surface area contributed by atoms with Gasteiger partial charge in [0.2, 0.25) is 0 Å². The summed E-state index contributed by atoms with van der Waals surface area (Å²) in [4.78, 5) is 28.4. The zero-order valence-electron chi connectivity index (χ0n) is 16.8. The molecule has 5 aromatic heterocycles. The van der Waals surface area contributed by atoms with Crippen molar-refractivity contribution in [3.05, 3.63) is 65.2 Å². The maximum absolute atomic E-state index is 13.5. The van der Waals surface area contributed by atoms with Crippen LogP contribution in [0.25, 0.3) is 33.0 Å². The van der Waals surface area contributed by atoms with Gasteiger partial charge in [0, 0.05) is 17.0 Å². The van der Waals surface area contributed by atoms with Crippen molar-refractivity contribution in [2.45, 2.75) is 6.18 Å². The van der Waals surface area contributed by atoms with Crippen molar-refractivity contribution in [2.75, 3.05) is 5.32 Å². The average Bonchev–Trinajstić information content (AvgIpc) is 3.59. The van der Waals surface area contributed by atoms with Crippen LogP contribution < -0.4 is 11.1 Å². The molecule has 0 aliphatic carbocycles. The Bertz CT molecular complexity index is 1520. The van der Waals surface area contributed by atoms with E-state index in [4.69, 9.17) is 14.6 Å². The molecule has 2 amide bonds. The average molecular weight is 487 g/mol. The topological polar surface area (TPSA) is 140 Å². The van der Waals surface area contributed by atoms with Gasteiger partial charge in [-0.25, -0.2) is 4.98 Å². The maximum Gasteiger partial charge on any atom is 0.433 e. The van der Waals surface area contributed by atoms with Crippen LogP contribution >= 0.6 is 11.3 Å². The summed E-state index contributed by atoms with van der Waals surface area (Å²) in [7, 11) is 0. The van der Waals surface area contributed by atoms with Gasteiger partial charge in [0.05, 0.1) is 18.2 Å². The Labute approximate surface area is 191 Å². The van der Waals surface area contributed by atoms with Crippen LogP contribution in [0.1, 0.15) is 25.9 Å². The normalized spacial score (nSPS) is 11.7. The first-order valence-electron chi connectivity index (χ1n) is 9.51. The van der Waals surface area contributed by atoms with Crippen molar-refractivity contribution >= 4 is 39.1 Å². The molecule has 0 radical (unpaired) electrons. The Kier molecular flexibility index (Phi) is 4.97. The van der Waals surface area contributed by atoms with E-state index in [0.29, 0.717) is 22.8 Å². The van der Waals surface area contributed by atoms with Crippen LogP contribution in [0.5, 0.6) is 0 Å². The van der Waals surface area contributed by atoms with Crippen LogP contribution in [0.2, 0.25) is 0 Å². The minimum absolute atomic E-state index is 0.0142. The second-order valence-corrected chi connectivity index (χ2v) is 7.98. The molecule has 4 N–H and O–H groups in total. The van der Waals surface area contributed by atoms with Crippen molar-refractivity contribution in [2.24, 2.45) is 5.73 Å². The second-order valence-electron chi connectivity index (χ2n) is 6.98. The van der Waals surface area contributed by atoms with Crippen LogP contribution in [-0.2, 0) is 6.18 Å². The van der Waals surface area contributed by atoms with E-state index in [2.05, 4.69) is 20.5 Å². The van der Waals surface area contributed by atoms with Crippen LogP contribution in [0.15, 0.2) is 57.8 Å². The lowest BCUT2D eigenvalue weighted by Gasteiger charge is -2.10. The highest BCUT2D eigenvalue weighted by Crippen LogP contribution is 2.43. The Morgan fingerprint density at radius 3 is 2.41 bits per heavy atom. The van der Waals surface area contributed by atoms with Gasteiger partial charge in [-0.05, 0) is 30.3 Å². The third kappa shape index (κ3) is 3.71. The number of pyridine rings is 1. The van der Waals surface area contributed by atoms with Gasteiger partial charge in [-0.1, -0.05) is 0 Å².